The first-order valence-electron chi connectivity index (χ1n) is 8.81. The maximum atomic E-state index is 13.4. The summed E-state index contributed by atoms with van der Waals surface area (Å²) in [6.45, 7) is 1.99. The lowest BCUT2D eigenvalue weighted by atomic mass is 10.2. The van der Waals surface area contributed by atoms with Crippen LogP contribution in [0.25, 0.3) is 22.4 Å². The minimum Gasteiger partial charge on any atom is -0.495 e. The fourth-order valence-corrected chi connectivity index (χ4v) is 4.77. The summed E-state index contributed by atoms with van der Waals surface area (Å²) < 4.78 is 9.09. The maximum absolute atomic E-state index is 13.4. The Bertz CT molecular complexity index is 1220. The zero-order chi connectivity index (χ0) is 19.7. The number of benzene rings is 2. The third-order valence-electron chi connectivity index (χ3n) is 4.49. The standard InChI is InChI=1S/C20H20N4O2S2/c1-13-8-9-17(26-2)16(12-13)23-18(25)14-6-4-5-7-15(14)24-19(23)21-22-20(24)28-11-10-27-3/h4-9,12H,10-11H2,1-3H3. The predicted molar refractivity (Wildman–Crippen MR) is 116 cm³/mol. The summed E-state index contributed by atoms with van der Waals surface area (Å²) in [5, 5.41) is 10.2. The second kappa shape index (κ2) is 7.89. The third kappa shape index (κ3) is 3.16. The molecule has 0 N–H and O–H groups in total. The van der Waals surface area contributed by atoms with E-state index in [-0.39, 0.29) is 5.56 Å². The van der Waals surface area contributed by atoms with Crippen LogP contribution in [0, 0.1) is 6.92 Å². The van der Waals surface area contributed by atoms with E-state index in [1.807, 2.05) is 53.8 Å². The Labute approximate surface area is 170 Å². The van der Waals surface area contributed by atoms with Gasteiger partial charge in [0.15, 0.2) is 5.16 Å². The van der Waals surface area contributed by atoms with Crippen LogP contribution in [0.3, 0.4) is 0 Å². The van der Waals surface area contributed by atoms with Crippen molar-refractivity contribution in [1.29, 1.82) is 0 Å². The number of aromatic nitrogens is 4. The molecule has 8 heteroatoms. The number of methoxy groups -OCH3 is 1. The molecular formula is C20H20N4O2S2. The van der Waals surface area contributed by atoms with Gasteiger partial charge in [-0.05, 0) is 43.0 Å². The number of hydrogen-bond acceptors (Lipinski definition) is 6. The fourth-order valence-electron chi connectivity index (χ4n) is 3.18. The van der Waals surface area contributed by atoms with Crippen LogP contribution in [0.1, 0.15) is 5.56 Å². The number of hydrogen-bond donors (Lipinski definition) is 0. The van der Waals surface area contributed by atoms with Gasteiger partial charge in [-0.15, -0.1) is 10.2 Å². The zero-order valence-electron chi connectivity index (χ0n) is 15.9. The van der Waals surface area contributed by atoms with Crippen LogP contribution < -0.4 is 10.3 Å². The summed E-state index contributed by atoms with van der Waals surface area (Å²) in [6.07, 6.45) is 2.08. The molecule has 0 unspecified atom stereocenters. The Kier molecular flexibility index (Phi) is 5.32. The number of rotatable bonds is 6. The first-order chi connectivity index (χ1) is 13.7. The van der Waals surface area contributed by atoms with Crippen LogP contribution in [0.4, 0.5) is 0 Å². The molecule has 144 valence electrons. The van der Waals surface area contributed by atoms with E-state index in [4.69, 9.17) is 4.74 Å². The monoisotopic (exact) mass is 412 g/mol. The van der Waals surface area contributed by atoms with Crippen LogP contribution in [0.15, 0.2) is 52.4 Å². The fraction of sp³-hybridized carbons (Fsp3) is 0.250. The second-order valence-electron chi connectivity index (χ2n) is 6.29. The highest BCUT2D eigenvalue weighted by molar-refractivity contribution is 8.02. The topological polar surface area (TPSA) is 61.4 Å². The lowest BCUT2D eigenvalue weighted by molar-refractivity contribution is 0.412. The van der Waals surface area contributed by atoms with Crippen molar-refractivity contribution in [3.63, 3.8) is 0 Å². The molecule has 0 bridgehead atoms. The van der Waals surface area contributed by atoms with Crippen molar-refractivity contribution >= 4 is 40.2 Å². The smallest absolute Gasteiger partial charge is 0.267 e. The largest absolute Gasteiger partial charge is 0.495 e. The van der Waals surface area contributed by atoms with Gasteiger partial charge in [-0.1, -0.05) is 30.0 Å². The average molecular weight is 413 g/mol. The van der Waals surface area contributed by atoms with E-state index < -0.39 is 0 Å². The molecular weight excluding hydrogens is 392 g/mol. The minimum atomic E-state index is -0.139. The molecule has 4 aromatic rings. The van der Waals surface area contributed by atoms with E-state index in [1.54, 1.807) is 35.2 Å². The van der Waals surface area contributed by atoms with Crippen molar-refractivity contribution in [2.45, 2.75) is 12.1 Å². The highest BCUT2D eigenvalue weighted by Gasteiger charge is 2.19. The Morgan fingerprint density at radius 1 is 1.11 bits per heavy atom. The minimum absolute atomic E-state index is 0.139. The molecule has 0 aliphatic heterocycles. The van der Waals surface area contributed by atoms with E-state index in [0.717, 1.165) is 27.7 Å². The molecule has 4 rings (SSSR count). The van der Waals surface area contributed by atoms with E-state index in [9.17, 15) is 4.79 Å². The van der Waals surface area contributed by atoms with Gasteiger partial charge in [0.2, 0.25) is 5.78 Å². The van der Waals surface area contributed by atoms with Crippen LogP contribution in [0.2, 0.25) is 0 Å². The molecule has 0 saturated carbocycles. The van der Waals surface area contributed by atoms with Crippen LogP contribution in [0.5, 0.6) is 5.75 Å². The first kappa shape index (κ1) is 18.9. The molecule has 2 heterocycles. The van der Waals surface area contributed by atoms with Gasteiger partial charge in [0.05, 0.1) is 23.7 Å². The summed E-state index contributed by atoms with van der Waals surface area (Å²) in [7, 11) is 1.60. The number of aryl methyl sites for hydroxylation is 1. The summed E-state index contributed by atoms with van der Waals surface area (Å²) in [6, 6.07) is 13.3. The number of ether oxygens (including phenoxy) is 1. The van der Waals surface area contributed by atoms with E-state index in [0.29, 0.717) is 22.6 Å². The average Bonchev–Trinajstić information content (AvgIpc) is 3.12. The normalized spacial score (nSPS) is 11.4. The summed E-state index contributed by atoms with van der Waals surface area (Å²) in [5.41, 5.74) is 2.36. The Hall–Kier alpha value is -2.45. The summed E-state index contributed by atoms with van der Waals surface area (Å²) >= 11 is 3.43. The van der Waals surface area contributed by atoms with Gasteiger partial charge >= 0.3 is 0 Å². The molecule has 0 aliphatic rings. The zero-order valence-corrected chi connectivity index (χ0v) is 17.5. The van der Waals surface area contributed by atoms with Gasteiger partial charge in [-0.25, -0.2) is 4.57 Å². The number of nitrogens with zero attached hydrogens (tertiary/aromatic N) is 4. The van der Waals surface area contributed by atoms with Crippen LogP contribution in [-0.2, 0) is 0 Å². The molecule has 2 aromatic heterocycles. The second-order valence-corrected chi connectivity index (χ2v) is 8.34. The molecule has 0 aliphatic carbocycles. The molecule has 0 saturated heterocycles. The Morgan fingerprint density at radius 2 is 1.93 bits per heavy atom. The van der Waals surface area contributed by atoms with Crippen molar-refractivity contribution in [3.05, 3.63) is 58.4 Å². The summed E-state index contributed by atoms with van der Waals surface area (Å²) in [4.78, 5) is 13.4. The number of thioether (sulfide) groups is 2. The Balaban J connectivity index is 2.08. The molecule has 0 amide bonds. The molecule has 0 fully saturated rings. The quantitative estimate of drug-likeness (QED) is 0.355. The molecule has 2 aromatic carbocycles. The number of fused-ring (bicyclic) bond motifs is 3. The predicted octanol–water partition coefficient (Wildman–Crippen LogP) is 3.81. The van der Waals surface area contributed by atoms with Gasteiger partial charge in [0.25, 0.3) is 5.56 Å². The molecule has 6 nitrogen and oxygen atoms in total. The van der Waals surface area contributed by atoms with E-state index in [1.165, 1.54) is 0 Å². The van der Waals surface area contributed by atoms with E-state index >= 15 is 0 Å². The van der Waals surface area contributed by atoms with Crippen molar-refractivity contribution in [3.8, 4) is 11.4 Å². The highest BCUT2D eigenvalue weighted by Crippen LogP contribution is 2.28. The molecule has 0 radical (unpaired) electrons. The van der Waals surface area contributed by atoms with Crippen molar-refractivity contribution < 1.29 is 4.74 Å². The van der Waals surface area contributed by atoms with Crippen LogP contribution >= 0.6 is 23.5 Å². The van der Waals surface area contributed by atoms with E-state index in [2.05, 4.69) is 16.5 Å². The van der Waals surface area contributed by atoms with Gasteiger partial charge < -0.3 is 4.74 Å². The summed E-state index contributed by atoms with van der Waals surface area (Å²) in [5.74, 6) is 3.04. The molecule has 28 heavy (non-hydrogen) atoms. The third-order valence-corrected chi connectivity index (χ3v) is 6.29. The lowest BCUT2D eigenvalue weighted by Crippen LogP contribution is -2.22. The van der Waals surface area contributed by atoms with Gasteiger partial charge in [0.1, 0.15) is 5.75 Å². The highest BCUT2D eigenvalue weighted by atomic mass is 32.2. The Morgan fingerprint density at radius 3 is 2.71 bits per heavy atom. The first-order valence-corrected chi connectivity index (χ1v) is 11.2. The van der Waals surface area contributed by atoms with Gasteiger partial charge in [0, 0.05) is 11.5 Å². The van der Waals surface area contributed by atoms with Crippen molar-refractivity contribution in [2.24, 2.45) is 0 Å². The van der Waals surface area contributed by atoms with Crippen LogP contribution in [-0.4, -0.2) is 44.0 Å². The van der Waals surface area contributed by atoms with Crippen molar-refractivity contribution in [2.75, 3.05) is 24.9 Å². The SMILES string of the molecule is COc1ccc(C)cc1-n1c(=O)c2ccccc2n2c(SCCSC)nnc12. The lowest BCUT2D eigenvalue weighted by Gasteiger charge is -2.14. The number of para-hydroxylation sites is 1. The molecule has 0 atom stereocenters. The van der Waals surface area contributed by atoms with Gasteiger partial charge in [-0.2, -0.15) is 11.8 Å². The molecule has 0 spiro atoms. The van der Waals surface area contributed by atoms with Crippen molar-refractivity contribution in [1.82, 2.24) is 19.2 Å². The van der Waals surface area contributed by atoms with Gasteiger partial charge in [-0.3, -0.25) is 9.20 Å². The maximum Gasteiger partial charge on any atom is 0.267 e.